The molecule has 92 valence electrons. The largest absolute Gasteiger partial charge is 0.496 e. The Morgan fingerprint density at radius 1 is 1.11 bits per heavy atom. The smallest absolute Gasteiger partial charge is 0.249 e. The van der Waals surface area contributed by atoms with Gasteiger partial charge in [-0.25, -0.2) is 0 Å². The number of primary amides is 1. The molecular weight excluding hydrogens is 226 g/mol. The number of hydrogen-bond donors (Lipinski definition) is 1. The zero-order chi connectivity index (χ0) is 13.0. The number of hydrogen-bond acceptors (Lipinski definition) is 2. The zero-order valence-corrected chi connectivity index (χ0v) is 10.2. The fourth-order valence-electron chi connectivity index (χ4n) is 1.97. The van der Waals surface area contributed by atoms with Crippen LogP contribution in [0.3, 0.4) is 0 Å². The molecule has 3 heteroatoms. The van der Waals surface area contributed by atoms with E-state index in [0.717, 1.165) is 11.1 Å². The minimum Gasteiger partial charge on any atom is -0.496 e. The number of carbonyl (C=O) groups excluding carboxylic acids is 1. The second kappa shape index (κ2) is 5.36. The van der Waals surface area contributed by atoms with E-state index in [2.05, 4.69) is 0 Å². The lowest BCUT2D eigenvalue weighted by Gasteiger charge is -2.12. The number of ether oxygens (including phenoxy) is 1. The highest BCUT2D eigenvalue weighted by molar-refractivity contribution is 5.95. The monoisotopic (exact) mass is 241 g/mol. The lowest BCUT2D eigenvalue weighted by molar-refractivity contribution is 0.0999. The molecule has 0 aliphatic carbocycles. The van der Waals surface area contributed by atoms with Crippen LogP contribution in [0.1, 0.15) is 21.5 Å². The van der Waals surface area contributed by atoms with E-state index >= 15 is 0 Å². The summed E-state index contributed by atoms with van der Waals surface area (Å²) in [6.07, 6.45) is 0.628. The molecule has 18 heavy (non-hydrogen) atoms. The van der Waals surface area contributed by atoms with E-state index in [1.165, 1.54) is 0 Å². The predicted octanol–water partition coefficient (Wildman–Crippen LogP) is 2.38. The van der Waals surface area contributed by atoms with Gasteiger partial charge >= 0.3 is 0 Å². The summed E-state index contributed by atoms with van der Waals surface area (Å²) in [6, 6.07) is 15.2. The minimum atomic E-state index is -0.431. The number of benzene rings is 2. The highest BCUT2D eigenvalue weighted by atomic mass is 16.5. The van der Waals surface area contributed by atoms with Crippen LogP contribution in [-0.4, -0.2) is 13.0 Å². The van der Waals surface area contributed by atoms with Gasteiger partial charge in [-0.05, 0) is 17.7 Å². The van der Waals surface area contributed by atoms with Crippen LogP contribution in [0.25, 0.3) is 0 Å². The molecule has 0 fully saturated rings. The standard InChI is InChI=1S/C15H15NO2/c1-18-14-9-5-8-12(15(16)17)13(14)10-11-6-3-2-4-7-11/h2-9H,10H2,1H3,(H2,16,17). The average Bonchev–Trinajstić information content (AvgIpc) is 2.40. The van der Waals surface area contributed by atoms with Gasteiger partial charge in [-0.1, -0.05) is 36.4 Å². The molecule has 0 aliphatic rings. The van der Waals surface area contributed by atoms with Crippen molar-refractivity contribution in [2.45, 2.75) is 6.42 Å². The predicted molar refractivity (Wildman–Crippen MR) is 70.8 cm³/mol. The van der Waals surface area contributed by atoms with Gasteiger partial charge in [0.25, 0.3) is 0 Å². The van der Waals surface area contributed by atoms with Crippen LogP contribution in [0.2, 0.25) is 0 Å². The van der Waals surface area contributed by atoms with Crippen LogP contribution in [0.4, 0.5) is 0 Å². The molecule has 0 heterocycles. The van der Waals surface area contributed by atoms with Crippen molar-refractivity contribution in [2.75, 3.05) is 7.11 Å². The second-order valence-corrected chi connectivity index (χ2v) is 4.01. The first-order chi connectivity index (χ1) is 8.72. The summed E-state index contributed by atoms with van der Waals surface area (Å²) in [5, 5.41) is 0. The fraction of sp³-hybridized carbons (Fsp3) is 0.133. The molecule has 0 aromatic heterocycles. The molecule has 0 aliphatic heterocycles. The third-order valence-corrected chi connectivity index (χ3v) is 2.84. The van der Waals surface area contributed by atoms with Crippen LogP contribution < -0.4 is 10.5 Å². The first-order valence-electron chi connectivity index (χ1n) is 5.72. The molecular formula is C15H15NO2. The van der Waals surface area contributed by atoms with Gasteiger partial charge in [-0.3, -0.25) is 4.79 Å². The van der Waals surface area contributed by atoms with Gasteiger partial charge < -0.3 is 10.5 Å². The maximum atomic E-state index is 11.4. The lowest BCUT2D eigenvalue weighted by atomic mass is 9.98. The molecule has 0 atom stereocenters. The van der Waals surface area contributed by atoms with E-state index in [1.807, 2.05) is 36.4 Å². The summed E-state index contributed by atoms with van der Waals surface area (Å²) in [4.78, 5) is 11.4. The molecule has 2 aromatic rings. The Bertz CT molecular complexity index is 550. The average molecular weight is 241 g/mol. The van der Waals surface area contributed by atoms with Crippen LogP contribution >= 0.6 is 0 Å². The van der Waals surface area contributed by atoms with Gasteiger partial charge in [0.15, 0.2) is 0 Å². The van der Waals surface area contributed by atoms with Crippen molar-refractivity contribution in [2.24, 2.45) is 5.73 Å². The van der Waals surface area contributed by atoms with Gasteiger partial charge in [0.1, 0.15) is 5.75 Å². The van der Waals surface area contributed by atoms with Crippen molar-refractivity contribution in [1.82, 2.24) is 0 Å². The van der Waals surface area contributed by atoms with Gasteiger partial charge in [0.2, 0.25) is 5.91 Å². The summed E-state index contributed by atoms with van der Waals surface area (Å²) in [5.41, 5.74) is 7.86. The minimum absolute atomic E-state index is 0.431. The Morgan fingerprint density at radius 3 is 2.44 bits per heavy atom. The Kier molecular flexibility index (Phi) is 3.63. The van der Waals surface area contributed by atoms with Crippen molar-refractivity contribution in [3.63, 3.8) is 0 Å². The second-order valence-electron chi connectivity index (χ2n) is 4.01. The molecule has 2 N–H and O–H groups in total. The van der Waals surface area contributed by atoms with Crippen LogP contribution in [0, 0.1) is 0 Å². The Morgan fingerprint density at radius 2 is 1.83 bits per heavy atom. The Hall–Kier alpha value is -2.29. The molecule has 3 nitrogen and oxygen atoms in total. The molecule has 1 amide bonds. The van der Waals surface area contributed by atoms with E-state index in [9.17, 15) is 4.79 Å². The quantitative estimate of drug-likeness (QED) is 0.893. The summed E-state index contributed by atoms with van der Waals surface area (Å²) >= 11 is 0. The number of rotatable bonds is 4. The van der Waals surface area contributed by atoms with E-state index in [4.69, 9.17) is 10.5 Å². The molecule has 0 spiro atoms. The van der Waals surface area contributed by atoms with Crippen LogP contribution in [-0.2, 0) is 6.42 Å². The normalized spacial score (nSPS) is 10.1. The van der Waals surface area contributed by atoms with E-state index in [0.29, 0.717) is 17.7 Å². The van der Waals surface area contributed by atoms with Crippen molar-refractivity contribution in [1.29, 1.82) is 0 Å². The van der Waals surface area contributed by atoms with Gasteiger partial charge in [0.05, 0.1) is 7.11 Å². The highest BCUT2D eigenvalue weighted by Gasteiger charge is 2.13. The Balaban J connectivity index is 2.44. The number of amides is 1. The molecule has 2 rings (SSSR count). The first-order valence-corrected chi connectivity index (χ1v) is 5.72. The Labute approximate surface area is 106 Å². The SMILES string of the molecule is COc1cccc(C(N)=O)c1Cc1ccccc1. The van der Waals surface area contributed by atoms with Crippen molar-refractivity contribution < 1.29 is 9.53 Å². The molecule has 0 unspecified atom stereocenters. The maximum Gasteiger partial charge on any atom is 0.249 e. The molecule has 0 saturated carbocycles. The van der Waals surface area contributed by atoms with Gasteiger partial charge in [0, 0.05) is 17.5 Å². The highest BCUT2D eigenvalue weighted by Crippen LogP contribution is 2.25. The molecule has 0 saturated heterocycles. The number of carbonyl (C=O) groups is 1. The maximum absolute atomic E-state index is 11.4. The van der Waals surface area contributed by atoms with Crippen molar-refractivity contribution in [3.05, 3.63) is 65.2 Å². The summed E-state index contributed by atoms with van der Waals surface area (Å²) < 4.78 is 5.30. The molecule has 0 bridgehead atoms. The van der Waals surface area contributed by atoms with Gasteiger partial charge in [-0.2, -0.15) is 0 Å². The topological polar surface area (TPSA) is 52.3 Å². The third kappa shape index (κ3) is 2.51. The fourth-order valence-corrected chi connectivity index (χ4v) is 1.97. The van der Waals surface area contributed by atoms with Crippen molar-refractivity contribution >= 4 is 5.91 Å². The molecule has 2 aromatic carbocycles. The first kappa shape index (κ1) is 12.2. The van der Waals surface area contributed by atoms with E-state index in [1.54, 1.807) is 19.2 Å². The summed E-state index contributed by atoms with van der Waals surface area (Å²) in [7, 11) is 1.59. The van der Waals surface area contributed by atoms with Crippen LogP contribution in [0.5, 0.6) is 5.75 Å². The number of methoxy groups -OCH3 is 1. The summed E-state index contributed by atoms with van der Waals surface area (Å²) in [5.74, 6) is 0.259. The molecule has 0 radical (unpaired) electrons. The van der Waals surface area contributed by atoms with Crippen LogP contribution in [0.15, 0.2) is 48.5 Å². The van der Waals surface area contributed by atoms with Gasteiger partial charge in [-0.15, -0.1) is 0 Å². The zero-order valence-electron chi connectivity index (χ0n) is 10.2. The number of nitrogens with two attached hydrogens (primary N) is 1. The third-order valence-electron chi connectivity index (χ3n) is 2.84. The van der Waals surface area contributed by atoms with E-state index < -0.39 is 5.91 Å². The van der Waals surface area contributed by atoms with Crippen molar-refractivity contribution in [3.8, 4) is 5.75 Å². The summed E-state index contributed by atoms with van der Waals surface area (Å²) in [6.45, 7) is 0. The van der Waals surface area contributed by atoms with E-state index in [-0.39, 0.29) is 0 Å². The lowest BCUT2D eigenvalue weighted by Crippen LogP contribution is -2.14.